The Bertz CT molecular complexity index is 573. The number of rotatable bonds is 0. The highest BCUT2D eigenvalue weighted by Crippen LogP contribution is 2.70. The van der Waals surface area contributed by atoms with Gasteiger partial charge in [0, 0.05) is 18.3 Å². The van der Waals surface area contributed by atoms with Gasteiger partial charge in [0.15, 0.2) is 6.29 Å². The summed E-state index contributed by atoms with van der Waals surface area (Å²) in [5.74, 6) is -0.251. The third kappa shape index (κ3) is 1.38. The van der Waals surface area contributed by atoms with Crippen molar-refractivity contribution >= 4 is 0 Å². The molecule has 3 N–H and O–H groups in total. The number of hydrogen-bond acceptors (Lipinski definition) is 5. The van der Waals surface area contributed by atoms with Gasteiger partial charge in [-0.3, -0.25) is 0 Å². The topological polar surface area (TPSA) is 82.5 Å². The summed E-state index contributed by atoms with van der Waals surface area (Å²) < 4.78 is 11.8. The molecule has 0 radical (unpaired) electrons. The largest absolute Gasteiger partial charge is 0.389 e. The van der Waals surface area contributed by atoms with Crippen molar-refractivity contribution in [2.75, 3.05) is 0 Å². The Kier molecular flexibility index (Phi) is 2.72. The van der Waals surface area contributed by atoms with Crippen molar-refractivity contribution in [1.82, 2.24) is 0 Å². The molecule has 2 saturated carbocycles. The molecule has 5 heteroatoms. The van der Waals surface area contributed by atoms with Crippen LogP contribution in [0.4, 0.5) is 0 Å². The highest BCUT2D eigenvalue weighted by Gasteiger charge is 2.84. The van der Waals surface area contributed by atoms with Crippen LogP contribution >= 0.6 is 0 Å². The summed E-state index contributed by atoms with van der Waals surface area (Å²) >= 11 is 0. The average Bonchev–Trinajstić information content (AvgIpc) is 3.02. The van der Waals surface area contributed by atoms with E-state index in [1.807, 2.05) is 13.8 Å². The minimum absolute atomic E-state index is 0.0736. The molecule has 0 aromatic carbocycles. The molecule has 0 amide bonds. The summed E-state index contributed by atoms with van der Waals surface area (Å²) in [6.07, 6.45) is -0.641. The summed E-state index contributed by atoms with van der Waals surface area (Å²) in [7, 11) is 0. The van der Waals surface area contributed by atoms with Crippen LogP contribution < -0.4 is 0 Å². The van der Waals surface area contributed by atoms with E-state index in [1.54, 1.807) is 0 Å². The molecule has 8 atom stereocenters. The summed E-state index contributed by atoms with van der Waals surface area (Å²) in [5.41, 5.74) is -1.62. The molecule has 0 aromatic rings. The standard InChI is InChI=1S/C17H24O5/c1-8-9(2)14(19)21-13-11(8)5-6-15(4)16(22-15)7-12(18)10(3)17(13,16)20/h9,11-14,18-20H,1,3,5-7H2,2,4H3. The van der Waals surface area contributed by atoms with Crippen LogP contribution in [0.1, 0.15) is 33.1 Å². The Hall–Kier alpha value is -0.720. The molecule has 2 aliphatic carbocycles. The van der Waals surface area contributed by atoms with Crippen molar-refractivity contribution < 1.29 is 24.8 Å². The van der Waals surface area contributed by atoms with Crippen molar-refractivity contribution in [1.29, 1.82) is 0 Å². The van der Waals surface area contributed by atoms with Crippen molar-refractivity contribution in [3.63, 3.8) is 0 Å². The van der Waals surface area contributed by atoms with Gasteiger partial charge in [-0.15, -0.1) is 0 Å². The first-order valence-corrected chi connectivity index (χ1v) is 8.00. The lowest BCUT2D eigenvalue weighted by Crippen LogP contribution is -2.60. The van der Waals surface area contributed by atoms with Gasteiger partial charge >= 0.3 is 0 Å². The number of ether oxygens (including phenoxy) is 2. The molecular formula is C17H24O5. The van der Waals surface area contributed by atoms with Crippen LogP contribution in [0, 0.1) is 11.8 Å². The van der Waals surface area contributed by atoms with Crippen LogP contribution in [0.15, 0.2) is 24.3 Å². The van der Waals surface area contributed by atoms with Gasteiger partial charge in [0.2, 0.25) is 0 Å². The number of aliphatic hydroxyl groups excluding tert-OH is 2. The van der Waals surface area contributed by atoms with Crippen molar-refractivity contribution in [2.45, 2.75) is 68.4 Å². The fourth-order valence-corrected chi connectivity index (χ4v) is 5.06. The maximum absolute atomic E-state index is 11.6. The molecule has 0 bridgehead atoms. The molecule has 5 nitrogen and oxygen atoms in total. The zero-order valence-electron chi connectivity index (χ0n) is 13.1. The van der Waals surface area contributed by atoms with Gasteiger partial charge in [-0.1, -0.05) is 25.7 Å². The van der Waals surface area contributed by atoms with Gasteiger partial charge in [0.05, 0.1) is 11.7 Å². The van der Waals surface area contributed by atoms with Crippen LogP contribution in [0.25, 0.3) is 0 Å². The molecule has 8 unspecified atom stereocenters. The van der Waals surface area contributed by atoms with Gasteiger partial charge in [-0.2, -0.15) is 0 Å². The summed E-state index contributed by atoms with van der Waals surface area (Å²) in [4.78, 5) is 0. The minimum atomic E-state index is -1.49. The van der Waals surface area contributed by atoms with Crippen LogP contribution in [0.5, 0.6) is 0 Å². The highest BCUT2D eigenvalue weighted by atomic mass is 16.7. The number of hydrogen-bond donors (Lipinski definition) is 3. The molecule has 2 aliphatic heterocycles. The first kappa shape index (κ1) is 14.8. The maximum atomic E-state index is 11.6. The zero-order valence-corrected chi connectivity index (χ0v) is 13.1. The first-order chi connectivity index (χ1) is 10.2. The van der Waals surface area contributed by atoms with E-state index in [2.05, 4.69) is 13.2 Å². The quantitative estimate of drug-likeness (QED) is 0.457. The van der Waals surface area contributed by atoms with E-state index in [0.717, 1.165) is 18.4 Å². The lowest BCUT2D eigenvalue weighted by atomic mass is 9.71. The predicted molar refractivity (Wildman–Crippen MR) is 78.8 cm³/mol. The van der Waals surface area contributed by atoms with Gasteiger partial charge in [-0.05, 0) is 25.3 Å². The molecule has 2 saturated heterocycles. The second-order valence-corrected chi connectivity index (χ2v) is 7.63. The van der Waals surface area contributed by atoms with Gasteiger partial charge in [0.1, 0.15) is 17.3 Å². The molecular weight excluding hydrogens is 284 g/mol. The fraction of sp³-hybridized carbons (Fsp3) is 0.765. The lowest BCUT2D eigenvalue weighted by molar-refractivity contribution is -0.239. The van der Waals surface area contributed by atoms with Gasteiger partial charge in [0.25, 0.3) is 0 Å². The van der Waals surface area contributed by atoms with Crippen LogP contribution in [-0.2, 0) is 9.47 Å². The molecule has 0 aromatic heterocycles. The molecule has 4 fully saturated rings. The van der Waals surface area contributed by atoms with E-state index in [9.17, 15) is 15.3 Å². The third-order valence-electron chi connectivity index (χ3n) is 6.68. The fourth-order valence-electron chi connectivity index (χ4n) is 5.06. The smallest absolute Gasteiger partial charge is 0.161 e. The minimum Gasteiger partial charge on any atom is -0.389 e. The summed E-state index contributed by atoms with van der Waals surface area (Å²) in [6, 6.07) is 0. The summed E-state index contributed by atoms with van der Waals surface area (Å²) in [6.45, 7) is 11.9. The first-order valence-electron chi connectivity index (χ1n) is 8.00. The Morgan fingerprint density at radius 1 is 1.27 bits per heavy atom. The van der Waals surface area contributed by atoms with Gasteiger partial charge < -0.3 is 24.8 Å². The molecule has 4 aliphatic rings. The van der Waals surface area contributed by atoms with Crippen molar-refractivity contribution in [3.05, 3.63) is 24.3 Å². The van der Waals surface area contributed by atoms with E-state index in [0.29, 0.717) is 12.0 Å². The third-order valence-corrected chi connectivity index (χ3v) is 6.68. The predicted octanol–water partition coefficient (Wildman–Crippen LogP) is 0.885. The van der Waals surface area contributed by atoms with E-state index >= 15 is 0 Å². The Labute approximate surface area is 130 Å². The van der Waals surface area contributed by atoms with Crippen LogP contribution in [-0.4, -0.2) is 50.6 Å². The molecule has 2 heterocycles. The lowest BCUT2D eigenvalue weighted by Gasteiger charge is -2.47. The van der Waals surface area contributed by atoms with E-state index < -0.39 is 35.3 Å². The van der Waals surface area contributed by atoms with E-state index in [-0.39, 0.29) is 11.8 Å². The van der Waals surface area contributed by atoms with E-state index in [4.69, 9.17) is 9.47 Å². The van der Waals surface area contributed by atoms with Gasteiger partial charge in [-0.25, -0.2) is 0 Å². The Balaban J connectivity index is 1.85. The second-order valence-electron chi connectivity index (χ2n) is 7.63. The average molecular weight is 308 g/mol. The van der Waals surface area contributed by atoms with E-state index in [1.165, 1.54) is 0 Å². The summed E-state index contributed by atoms with van der Waals surface area (Å²) in [5, 5.41) is 32.0. The van der Waals surface area contributed by atoms with Crippen molar-refractivity contribution in [2.24, 2.45) is 11.8 Å². The van der Waals surface area contributed by atoms with Crippen LogP contribution in [0.2, 0.25) is 0 Å². The highest BCUT2D eigenvalue weighted by molar-refractivity contribution is 5.45. The van der Waals surface area contributed by atoms with Crippen molar-refractivity contribution in [3.8, 4) is 0 Å². The molecule has 4 rings (SSSR count). The molecule has 1 spiro atoms. The maximum Gasteiger partial charge on any atom is 0.161 e. The molecule has 22 heavy (non-hydrogen) atoms. The molecule has 122 valence electrons. The monoisotopic (exact) mass is 308 g/mol. The Morgan fingerprint density at radius 2 is 1.95 bits per heavy atom. The normalized spacial score (nSPS) is 60.3. The Morgan fingerprint density at radius 3 is 2.64 bits per heavy atom. The van der Waals surface area contributed by atoms with Crippen LogP contribution in [0.3, 0.4) is 0 Å². The SMILES string of the molecule is C=C1C(C)C(O)OC2C1CCC1(C)OC13CC(O)C(=C)C23O. The second kappa shape index (κ2) is 4.02. The number of aliphatic hydroxyl groups is 3. The zero-order chi connectivity index (χ0) is 16.1. The number of epoxide rings is 1. The number of fused-ring (bicyclic) bond motifs is 2.